The molecule has 0 aliphatic rings. The Morgan fingerprint density at radius 1 is 0.465 bits per heavy atom. The molecule has 9 rings (SSSR count). The van der Waals surface area contributed by atoms with Crippen molar-refractivity contribution in [3.8, 4) is 11.1 Å². The smallest absolute Gasteiger partial charge is 0.153 e. The Labute approximate surface area is 246 Å². The molecule has 0 atom stereocenters. The standard InChI is InChI=1S/C38H23N3O2/c1-2-7-24(8-3-1)25-12-13-27-22-28(15-14-26(27)21-25)41(29-16-17-33-31(23-29)37-35(43-33)11-6-19-39-37)38-36-30-9-4-5-10-32(30)42-34(36)18-20-40-38/h1-23H. The summed E-state index contributed by atoms with van der Waals surface area (Å²) in [4.78, 5) is 11.8. The molecule has 5 aromatic carbocycles. The average Bonchev–Trinajstić information content (AvgIpc) is 3.64. The number of hydrogen-bond donors (Lipinski definition) is 0. The highest BCUT2D eigenvalue weighted by atomic mass is 16.3. The van der Waals surface area contributed by atoms with Crippen LogP contribution in [0.5, 0.6) is 0 Å². The van der Waals surface area contributed by atoms with Gasteiger partial charge in [0.15, 0.2) is 5.58 Å². The number of para-hydroxylation sites is 1. The molecule has 0 fully saturated rings. The zero-order valence-electron chi connectivity index (χ0n) is 22.9. The van der Waals surface area contributed by atoms with Crippen LogP contribution >= 0.6 is 0 Å². The van der Waals surface area contributed by atoms with Crippen LogP contribution in [-0.2, 0) is 0 Å². The maximum absolute atomic E-state index is 6.26. The summed E-state index contributed by atoms with van der Waals surface area (Å²) < 4.78 is 12.4. The molecular weight excluding hydrogens is 530 g/mol. The summed E-state index contributed by atoms with van der Waals surface area (Å²) in [6.45, 7) is 0. The average molecular weight is 554 g/mol. The maximum atomic E-state index is 6.26. The number of furan rings is 2. The van der Waals surface area contributed by atoms with Crippen LogP contribution in [0.25, 0.3) is 65.9 Å². The van der Waals surface area contributed by atoms with Gasteiger partial charge in [-0.25, -0.2) is 4.98 Å². The lowest BCUT2D eigenvalue weighted by Crippen LogP contribution is -2.12. The van der Waals surface area contributed by atoms with Crippen LogP contribution in [0.4, 0.5) is 17.2 Å². The van der Waals surface area contributed by atoms with Gasteiger partial charge in [0, 0.05) is 34.5 Å². The van der Waals surface area contributed by atoms with Crippen LogP contribution < -0.4 is 4.90 Å². The molecule has 0 radical (unpaired) electrons. The number of hydrogen-bond acceptors (Lipinski definition) is 5. The Morgan fingerprint density at radius 3 is 2.16 bits per heavy atom. The second-order valence-corrected chi connectivity index (χ2v) is 10.7. The van der Waals surface area contributed by atoms with E-state index in [2.05, 4.69) is 88.7 Å². The highest BCUT2D eigenvalue weighted by Gasteiger charge is 2.22. The molecular formula is C38H23N3O2. The third-order valence-corrected chi connectivity index (χ3v) is 8.14. The summed E-state index contributed by atoms with van der Waals surface area (Å²) >= 11 is 0. The van der Waals surface area contributed by atoms with Crippen molar-refractivity contribution in [3.05, 3.63) is 140 Å². The normalized spacial score (nSPS) is 11.7. The van der Waals surface area contributed by atoms with E-state index in [1.807, 2.05) is 54.7 Å². The van der Waals surface area contributed by atoms with Gasteiger partial charge in [-0.05, 0) is 82.6 Å². The maximum Gasteiger partial charge on any atom is 0.153 e. The molecule has 4 aromatic heterocycles. The predicted molar refractivity (Wildman–Crippen MR) is 174 cm³/mol. The zero-order chi connectivity index (χ0) is 28.3. The SMILES string of the molecule is c1ccc(-c2ccc3cc(N(c4ccc5oc6cccnc6c5c4)c4nccc5oc6ccccc6c45)ccc3c2)cc1. The van der Waals surface area contributed by atoms with E-state index in [-0.39, 0.29) is 0 Å². The van der Waals surface area contributed by atoms with Gasteiger partial charge >= 0.3 is 0 Å². The van der Waals surface area contributed by atoms with Crippen molar-refractivity contribution in [2.45, 2.75) is 0 Å². The lowest BCUT2D eigenvalue weighted by atomic mass is 10.0. The summed E-state index contributed by atoms with van der Waals surface area (Å²) in [5.41, 5.74) is 8.36. The first kappa shape index (κ1) is 23.7. The Hall–Kier alpha value is -5.94. The van der Waals surface area contributed by atoms with E-state index < -0.39 is 0 Å². The number of fused-ring (bicyclic) bond motifs is 7. The third-order valence-electron chi connectivity index (χ3n) is 8.14. The minimum atomic E-state index is 0.766. The first-order valence-electron chi connectivity index (χ1n) is 14.2. The minimum absolute atomic E-state index is 0.766. The van der Waals surface area contributed by atoms with E-state index in [0.29, 0.717) is 0 Å². The van der Waals surface area contributed by atoms with Gasteiger partial charge in [0.2, 0.25) is 0 Å². The van der Waals surface area contributed by atoms with Crippen molar-refractivity contribution in [2.75, 3.05) is 4.90 Å². The van der Waals surface area contributed by atoms with Crippen molar-refractivity contribution in [2.24, 2.45) is 0 Å². The molecule has 0 bridgehead atoms. The number of rotatable bonds is 4. The molecule has 0 spiro atoms. The topological polar surface area (TPSA) is 55.3 Å². The molecule has 9 aromatic rings. The predicted octanol–water partition coefficient (Wildman–Crippen LogP) is 10.6. The molecule has 43 heavy (non-hydrogen) atoms. The van der Waals surface area contributed by atoms with Gasteiger partial charge in [-0.3, -0.25) is 9.88 Å². The van der Waals surface area contributed by atoms with Crippen molar-refractivity contribution >= 4 is 72.0 Å². The Balaban J connectivity index is 1.29. The van der Waals surface area contributed by atoms with Gasteiger partial charge in [0.1, 0.15) is 28.1 Å². The largest absolute Gasteiger partial charge is 0.456 e. The first-order valence-corrected chi connectivity index (χ1v) is 14.2. The fraction of sp³-hybridized carbons (Fsp3) is 0. The van der Waals surface area contributed by atoms with Gasteiger partial charge in [0.25, 0.3) is 0 Å². The third kappa shape index (κ3) is 3.79. The fourth-order valence-electron chi connectivity index (χ4n) is 6.12. The molecule has 4 heterocycles. The van der Waals surface area contributed by atoms with Crippen LogP contribution in [0, 0.1) is 0 Å². The number of benzene rings is 5. The monoisotopic (exact) mass is 553 g/mol. The quantitative estimate of drug-likeness (QED) is 0.217. The van der Waals surface area contributed by atoms with Gasteiger partial charge in [-0.15, -0.1) is 0 Å². The second kappa shape index (κ2) is 9.29. The van der Waals surface area contributed by atoms with Crippen LogP contribution in [0.3, 0.4) is 0 Å². The highest BCUT2D eigenvalue weighted by Crippen LogP contribution is 2.43. The van der Waals surface area contributed by atoms with Crippen LogP contribution in [-0.4, -0.2) is 9.97 Å². The van der Waals surface area contributed by atoms with Crippen molar-refractivity contribution in [1.29, 1.82) is 0 Å². The zero-order valence-corrected chi connectivity index (χ0v) is 22.9. The summed E-state index contributed by atoms with van der Waals surface area (Å²) in [7, 11) is 0. The molecule has 5 heteroatoms. The van der Waals surface area contributed by atoms with E-state index in [4.69, 9.17) is 13.8 Å². The van der Waals surface area contributed by atoms with E-state index in [1.54, 1.807) is 6.20 Å². The van der Waals surface area contributed by atoms with Gasteiger partial charge in [0.05, 0.1) is 5.39 Å². The summed E-state index contributed by atoms with van der Waals surface area (Å²) in [5, 5.41) is 5.26. The molecule has 0 saturated carbocycles. The number of nitrogens with zero attached hydrogens (tertiary/aromatic N) is 3. The van der Waals surface area contributed by atoms with Gasteiger partial charge in [-0.1, -0.05) is 66.7 Å². The van der Waals surface area contributed by atoms with E-state index in [0.717, 1.165) is 66.6 Å². The van der Waals surface area contributed by atoms with E-state index in [9.17, 15) is 0 Å². The van der Waals surface area contributed by atoms with Crippen molar-refractivity contribution in [1.82, 2.24) is 9.97 Å². The second-order valence-electron chi connectivity index (χ2n) is 10.7. The van der Waals surface area contributed by atoms with E-state index >= 15 is 0 Å². The van der Waals surface area contributed by atoms with Crippen LogP contribution in [0.15, 0.2) is 149 Å². The van der Waals surface area contributed by atoms with Crippen molar-refractivity contribution < 1.29 is 8.83 Å². The molecule has 202 valence electrons. The number of anilines is 3. The van der Waals surface area contributed by atoms with Gasteiger partial charge < -0.3 is 8.83 Å². The molecule has 0 N–H and O–H groups in total. The lowest BCUT2D eigenvalue weighted by Gasteiger charge is -2.25. The molecule has 5 nitrogen and oxygen atoms in total. The van der Waals surface area contributed by atoms with E-state index in [1.165, 1.54) is 16.5 Å². The van der Waals surface area contributed by atoms with Gasteiger partial charge in [-0.2, -0.15) is 0 Å². The highest BCUT2D eigenvalue weighted by molar-refractivity contribution is 6.13. The number of aromatic nitrogens is 2. The minimum Gasteiger partial charge on any atom is -0.456 e. The molecule has 0 saturated heterocycles. The molecule has 0 unspecified atom stereocenters. The summed E-state index contributed by atoms with van der Waals surface area (Å²) in [6, 6.07) is 43.8. The summed E-state index contributed by atoms with van der Waals surface area (Å²) in [5.74, 6) is 0.794. The fourth-order valence-corrected chi connectivity index (χ4v) is 6.12. The Kier molecular flexibility index (Phi) is 5.13. The van der Waals surface area contributed by atoms with Crippen LogP contribution in [0.2, 0.25) is 0 Å². The first-order chi connectivity index (χ1) is 21.3. The van der Waals surface area contributed by atoms with Crippen LogP contribution in [0.1, 0.15) is 0 Å². The number of pyridine rings is 2. The molecule has 0 aliphatic carbocycles. The Morgan fingerprint density at radius 2 is 1.21 bits per heavy atom. The van der Waals surface area contributed by atoms with Crippen molar-refractivity contribution in [3.63, 3.8) is 0 Å². The Bertz CT molecular complexity index is 2480. The lowest BCUT2D eigenvalue weighted by molar-refractivity contribution is 0.667. The summed E-state index contributed by atoms with van der Waals surface area (Å²) in [6.07, 6.45) is 3.61. The molecule has 0 aliphatic heterocycles. The molecule has 0 amide bonds.